The highest BCUT2D eigenvalue weighted by Crippen LogP contribution is 2.35. The van der Waals surface area contributed by atoms with Gasteiger partial charge in [0.2, 0.25) is 5.91 Å². The number of hydrogen-bond donors (Lipinski definition) is 1. The van der Waals surface area contributed by atoms with E-state index in [2.05, 4.69) is 10.2 Å². The van der Waals surface area contributed by atoms with Crippen LogP contribution in [0.5, 0.6) is 0 Å². The molecule has 7 nitrogen and oxygen atoms in total. The normalized spacial score (nSPS) is 17.1. The molecule has 2 fully saturated rings. The second-order valence-electron chi connectivity index (χ2n) is 9.19. The van der Waals surface area contributed by atoms with Gasteiger partial charge in [0.25, 0.3) is 5.91 Å². The SMILES string of the molecule is O=C(NC1CCCC1)[C@H](c1ccc(N2CCOCC2)cc1)N(C(=O)c1ccco1)c1ccccc1Cl. The van der Waals surface area contributed by atoms with E-state index >= 15 is 0 Å². The molecular weight excluding hydrogens is 478 g/mol. The summed E-state index contributed by atoms with van der Waals surface area (Å²) in [6.07, 6.45) is 5.49. The summed E-state index contributed by atoms with van der Waals surface area (Å²) < 4.78 is 10.9. The van der Waals surface area contributed by atoms with E-state index in [9.17, 15) is 9.59 Å². The summed E-state index contributed by atoms with van der Waals surface area (Å²) in [6, 6.07) is 17.3. The Kier molecular flexibility index (Phi) is 7.58. The molecule has 0 bridgehead atoms. The third-order valence-electron chi connectivity index (χ3n) is 6.86. The monoisotopic (exact) mass is 507 g/mol. The topological polar surface area (TPSA) is 75.0 Å². The first kappa shape index (κ1) is 24.4. The minimum atomic E-state index is -0.929. The van der Waals surface area contributed by atoms with Crippen molar-refractivity contribution in [3.8, 4) is 0 Å². The van der Waals surface area contributed by atoms with Crippen molar-refractivity contribution in [2.75, 3.05) is 36.1 Å². The summed E-state index contributed by atoms with van der Waals surface area (Å²) in [7, 11) is 0. The predicted molar refractivity (Wildman–Crippen MR) is 140 cm³/mol. The van der Waals surface area contributed by atoms with E-state index in [1.165, 1.54) is 11.2 Å². The Balaban J connectivity index is 1.56. The molecule has 1 saturated heterocycles. The molecule has 1 N–H and O–H groups in total. The number of amides is 2. The van der Waals surface area contributed by atoms with Gasteiger partial charge in [-0.05, 0) is 54.8 Å². The van der Waals surface area contributed by atoms with Gasteiger partial charge in [-0.3, -0.25) is 14.5 Å². The lowest BCUT2D eigenvalue weighted by molar-refractivity contribution is -0.123. The Morgan fingerprint density at radius 1 is 0.972 bits per heavy atom. The number of nitrogens with one attached hydrogen (secondary N) is 1. The van der Waals surface area contributed by atoms with Crippen molar-refractivity contribution >= 4 is 34.8 Å². The highest BCUT2D eigenvalue weighted by atomic mass is 35.5. The molecule has 0 radical (unpaired) electrons. The van der Waals surface area contributed by atoms with Gasteiger partial charge >= 0.3 is 0 Å². The number of para-hydroxylation sites is 1. The van der Waals surface area contributed by atoms with Gasteiger partial charge in [0, 0.05) is 24.8 Å². The van der Waals surface area contributed by atoms with Crippen molar-refractivity contribution < 1.29 is 18.7 Å². The zero-order valence-electron chi connectivity index (χ0n) is 20.1. The molecule has 2 aromatic carbocycles. The lowest BCUT2D eigenvalue weighted by Crippen LogP contribution is -2.46. The molecule has 0 spiro atoms. The van der Waals surface area contributed by atoms with Gasteiger partial charge in [-0.1, -0.05) is 48.7 Å². The minimum Gasteiger partial charge on any atom is -0.459 e. The first-order valence-electron chi connectivity index (χ1n) is 12.5. The maximum atomic E-state index is 13.9. The minimum absolute atomic E-state index is 0.0967. The Morgan fingerprint density at radius 3 is 2.36 bits per heavy atom. The molecule has 3 aromatic rings. The third kappa shape index (κ3) is 5.27. The Morgan fingerprint density at radius 2 is 1.69 bits per heavy atom. The van der Waals surface area contributed by atoms with Crippen molar-refractivity contribution in [3.05, 3.63) is 83.3 Å². The van der Waals surface area contributed by atoms with Gasteiger partial charge in [-0.25, -0.2) is 0 Å². The zero-order chi connectivity index (χ0) is 24.9. The molecule has 36 heavy (non-hydrogen) atoms. The summed E-state index contributed by atoms with van der Waals surface area (Å²) >= 11 is 6.58. The lowest BCUT2D eigenvalue weighted by Gasteiger charge is -2.33. The van der Waals surface area contributed by atoms with Crippen molar-refractivity contribution in [1.29, 1.82) is 0 Å². The van der Waals surface area contributed by atoms with Crippen molar-refractivity contribution in [1.82, 2.24) is 5.32 Å². The smallest absolute Gasteiger partial charge is 0.295 e. The molecule has 2 amide bonds. The van der Waals surface area contributed by atoms with Crippen molar-refractivity contribution in [2.24, 2.45) is 0 Å². The second-order valence-corrected chi connectivity index (χ2v) is 9.59. The number of anilines is 2. The first-order chi connectivity index (χ1) is 17.6. The number of carbonyl (C=O) groups is 2. The molecule has 1 aliphatic heterocycles. The number of carbonyl (C=O) groups excluding carboxylic acids is 2. The number of ether oxygens (including phenoxy) is 1. The number of furan rings is 1. The second kappa shape index (κ2) is 11.2. The van der Waals surface area contributed by atoms with Crippen LogP contribution in [0, 0.1) is 0 Å². The summed E-state index contributed by atoms with van der Waals surface area (Å²) in [5, 5.41) is 3.57. The van der Waals surface area contributed by atoms with Crippen molar-refractivity contribution in [2.45, 2.75) is 37.8 Å². The maximum absolute atomic E-state index is 13.9. The predicted octanol–water partition coefficient (Wildman–Crippen LogP) is 5.22. The average molecular weight is 508 g/mol. The molecule has 1 saturated carbocycles. The van der Waals surface area contributed by atoms with Crippen LogP contribution in [0.4, 0.5) is 11.4 Å². The van der Waals surface area contributed by atoms with Gasteiger partial charge in [0.1, 0.15) is 6.04 Å². The van der Waals surface area contributed by atoms with Gasteiger partial charge in [0.05, 0.1) is 30.2 Å². The van der Waals surface area contributed by atoms with Crippen LogP contribution in [-0.2, 0) is 9.53 Å². The number of benzene rings is 2. The van der Waals surface area contributed by atoms with Crippen LogP contribution in [0.25, 0.3) is 0 Å². The number of nitrogens with zero attached hydrogens (tertiary/aromatic N) is 2. The summed E-state index contributed by atoms with van der Waals surface area (Å²) in [5.41, 5.74) is 2.20. The van der Waals surface area contributed by atoms with Gasteiger partial charge < -0.3 is 19.4 Å². The Hall–Kier alpha value is -3.29. The molecule has 1 atom stereocenters. The molecule has 2 aliphatic rings. The average Bonchev–Trinajstić information content (AvgIpc) is 3.63. The van der Waals surface area contributed by atoms with Crippen LogP contribution in [0.15, 0.2) is 71.3 Å². The molecule has 1 aromatic heterocycles. The van der Waals surface area contributed by atoms with E-state index in [0.29, 0.717) is 29.5 Å². The summed E-state index contributed by atoms with van der Waals surface area (Å²) in [5.74, 6) is -0.531. The molecule has 188 valence electrons. The molecule has 5 rings (SSSR count). The van der Waals surface area contributed by atoms with Crippen LogP contribution in [0.3, 0.4) is 0 Å². The van der Waals surface area contributed by atoms with Crippen LogP contribution in [0.1, 0.15) is 47.8 Å². The zero-order valence-corrected chi connectivity index (χ0v) is 20.8. The number of hydrogen-bond acceptors (Lipinski definition) is 5. The van der Waals surface area contributed by atoms with Crippen molar-refractivity contribution in [3.63, 3.8) is 0 Å². The third-order valence-corrected chi connectivity index (χ3v) is 7.18. The molecule has 1 aliphatic carbocycles. The van der Waals surface area contributed by atoms with Gasteiger partial charge in [-0.2, -0.15) is 0 Å². The molecule has 2 heterocycles. The maximum Gasteiger partial charge on any atom is 0.295 e. The van der Waals surface area contributed by atoms with E-state index in [-0.39, 0.29) is 17.7 Å². The standard InChI is InChI=1S/C28H30ClN3O4/c29-23-8-3-4-9-24(23)32(28(34)25-10-5-17-36-25)26(27(33)30-21-6-1-2-7-21)20-11-13-22(14-12-20)31-15-18-35-19-16-31/h3-5,8-14,17,21,26H,1-2,6-7,15-16,18-19H2,(H,30,33)/t26-/m0/s1. The summed E-state index contributed by atoms with van der Waals surface area (Å²) in [4.78, 5) is 31.4. The Labute approximate surface area is 216 Å². The van der Waals surface area contributed by atoms with Crippen LogP contribution < -0.4 is 15.1 Å². The number of morpholine rings is 1. The van der Waals surface area contributed by atoms with E-state index in [4.69, 9.17) is 20.8 Å². The first-order valence-corrected chi connectivity index (χ1v) is 12.8. The fourth-order valence-corrected chi connectivity index (χ4v) is 5.22. The van der Waals surface area contributed by atoms with E-state index < -0.39 is 11.9 Å². The lowest BCUT2D eigenvalue weighted by atomic mass is 10.0. The highest BCUT2D eigenvalue weighted by molar-refractivity contribution is 6.34. The fourth-order valence-electron chi connectivity index (χ4n) is 4.99. The molecule has 0 unspecified atom stereocenters. The fraction of sp³-hybridized carbons (Fsp3) is 0.357. The van der Waals surface area contributed by atoms with E-state index in [1.54, 1.807) is 36.4 Å². The Bertz CT molecular complexity index is 1170. The van der Waals surface area contributed by atoms with E-state index in [0.717, 1.165) is 44.5 Å². The van der Waals surface area contributed by atoms with Gasteiger partial charge in [0.15, 0.2) is 5.76 Å². The van der Waals surface area contributed by atoms with Crippen LogP contribution >= 0.6 is 11.6 Å². The number of halogens is 1. The molecular formula is C28H30ClN3O4. The number of rotatable bonds is 7. The van der Waals surface area contributed by atoms with Crippen LogP contribution in [-0.4, -0.2) is 44.2 Å². The quantitative estimate of drug-likeness (QED) is 0.474. The highest BCUT2D eigenvalue weighted by Gasteiger charge is 2.36. The summed E-state index contributed by atoms with van der Waals surface area (Å²) in [6.45, 7) is 3.00. The van der Waals surface area contributed by atoms with E-state index in [1.807, 2.05) is 24.3 Å². The van der Waals surface area contributed by atoms with Gasteiger partial charge in [-0.15, -0.1) is 0 Å². The van der Waals surface area contributed by atoms with Crippen LogP contribution in [0.2, 0.25) is 5.02 Å². The molecule has 8 heteroatoms. The largest absolute Gasteiger partial charge is 0.459 e.